The summed E-state index contributed by atoms with van der Waals surface area (Å²) in [4.78, 5) is 0. The molecule has 3 nitrogen and oxygen atoms in total. The van der Waals surface area contributed by atoms with Crippen molar-refractivity contribution in [2.75, 3.05) is 14.2 Å². The number of halogens is 1. The van der Waals surface area contributed by atoms with Gasteiger partial charge in [0.15, 0.2) is 11.5 Å². The molecule has 1 heterocycles. The molecule has 0 unspecified atom stereocenters. The molecule has 0 fully saturated rings. The van der Waals surface area contributed by atoms with Crippen molar-refractivity contribution in [2.24, 2.45) is 0 Å². The lowest BCUT2D eigenvalue weighted by molar-refractivity contribution is 0.354. The minimum atomic E-state index is 0.565. The number of ether oxygens (including phenoxy) is 2. The Bertz CT molecular complexity index is 583. The predicted octanol–water partition coefficient (Wildman–Crippen LogP) is 4.02. The van der Waals surface area contributed by atoms with Crippen LogP contribution in [0.5, 0.6) is 11.5 Å². The number of thiophene rings is 1. The van der Waals surface area contributed by atoms with E-state index in [1.807, 2.05) is 12.1 Å². The Labute approximate surface area is 128 Å². The molecule has 1 aromatic carbocycles. The first-order chi connectivity index (χ1) is 9.65. The van der Waals surface area contributed by atoms with Gasteiger partial charge in [-0.3, -0.25) is 0 Å². The van der Waals surface area contributed by atoms with Crippen LogP contribution in [0.2, 0.25) is 5.02 Å². The van der Waals surface area contributed by atoms with Gasteiger partial charge < -0.3 is 14.8 Å². The van der Waals surface area contributed by atoms with Gasteiger partial charge in [0, 0.05) is 13.1 Å². The lowest BCUT2D eigenvalue weighted by atomic mass is 10.2. The van der Waals surface area contributed by atoms with Crippen molar-refractivity contribution < 1.29 is 9.47 Å². The van der Waals surface area contributed by atoms with Crippen LogP contribution in [0.1, 0.15) is 16.7 Å². The molecule has 20 heavy (non-hydrogen) atoms. The van der Waals surface area contributed by atoms with E-state index in [1.165, 1.54) is 11.1 Å². The van der Waals surface area contributed by atoms with Crippen molar-refractivity contribution in [3.05, 3.63) is 44.6 Å². The maximum atomic E-state index is 6.19. The lowest BCUT2D eigenvalue weighted by Crippen LogP contribution is -2.13. The van der Waals surface area contributed by atoms with E-state index in [9.17, 15) is 0 Å². The minimum absolute atomic E-state index is 0.565. The number of hydrogen-bond acceptors (Lipinski definition) is 4. The van der Waals surface area contributed by atoms with Crippen molar-refractivity contribution in [1.29, 1.82) is 0 Å². The molecule has 0 bridgehead atoms. The molecule has 108 valence electrons. The molecule has 0 atom stereocenters. The zero-order valence-corrected chi connectivity index (χ0v) is 13.4. The minimum Gasteiger partial charge on any atom is -0.493 e. The number of hydrogen-bond donors (Lipinski definition) is 1. The Hall–Kier alpha value is -1.23. The number of aryl methyl sites for hydroxylation is 1. The smallest absolute Gasteiger partial charge is 0.179 e. The fourth-order valence-electron chi connectivity index (χ4n) is 1.98. The van der Waals surface area contributed by atoms with Gasteiger partial charge in [0.05, 0.1) is 19.2 Å². The molecular weight excluding hydrogens is 294 g/mol. The topological polar surface area (TPSA) is 30.5 Å². The van der Waals surface area contributed by atoms with E-state index in [-0.39, 0.29) is 0 Å². The summed E-state index contributed by atoms with van der Waals surface area (Å²) in [5.41, 5.74) is 3.73. The van der Waals surface area contributed by atoms with Crippen LogP contribution < -0.4 is 14.8 Å². The second-order valence-electron chi connectivity index (χ2n) is 4.50. The maximum absolute atomic E-state index is 6.19. The molecule has 1 aromatic heterocycles. The molecular formula is C15H18ClNO2S. The first kappa shape index (κ1) is 15.2. The van der Waals surface area contributed by atoms with Gasteiger partial charge >= 0.3 is 0 Å². The molecule has 0 aliphatic rings. The van der Waals surface area contributed by atoms with Crippen LogP contribution in [0, 0.1) is 6.92 Å². The van der Waals surface area contributed by atoms with Gasteiger partial charge in [-0.1, -0.05) is 11.6 Å². The molecule has 1 N–H and O–H groups in total. The molecule has 0 aliphatic heterocycles. The van der Waals surface area contributed by atoms with E-state index < -0.39 is 0 Å². The molecule has 5 heteroatoms. The third kappa shape index (κ3) is 3.45. The quantitative estimate of drug-likeness (QED) is 0.874. The zero-order valence-electron chi connectivity index (χ0n) is 11.8. The Balaban J connectivity index is 2.03. The summed E-state index contributed by atoms with van der Waals surface area (Å²) < 4.78 is 10.5. The van der Waals surface area contributed by atoms with Crippen LogP contribution in [0.4, 0.5) is 0 Å². The van der Waals surface area contributed by atoms with Gasteiger partial charge in [0.2, 0.25) is 0 Å². The van der Waals surface area contributed by atoms with Crippen LogP contribution >= 0.6 is 22.9 Å². The summed E-state index contributed by atoms with van der Waals surface area (Å²) in [5.74, 6) is 1.23. The van der Waals surface area contributed by atoms with Gasteiger partial charge in [-0.05, 0) is 46.5 Å². The Kier molecular flexibility index (Phi) is 5.29. The highest BCUT2D eigenvalue weighted by Gasteiger charge is 2.10. The monoisotopic (exact) mass is 311 g/mol. The van der Waals surface area contributed by atoms with Crippen molar-refractivity contribution in [1.82, 2.24) is 5.32 Å². The summed E-state index contributed by atoms with van der Waals surface area (Å²) in [6.45, 7) is 3.71. The Morgan fingerprint density at radius 3 is 2.55 bits per heavy atom. The van der Waals surface area contributed by atoms with E-state index in [1.54, 1.807) is 25.6 Å². The normalized spacial score (nSPS) is 10.6. The average molecular weight is 312 g/mol. The van der Waals surface area contributed by atoms with E-state index in [2.05, 4.69) is 23.0 Å². The largest absolute Gasteiger partial charge is 0.493 e. The zero-order chi connectivity index (χ0) is 14.5. The van der Waals surface area contributed by atoms with Crippen LogP contribution in [0.25, 0.3) is 0 Å². The van der Waals surface area contributed by atoms with E-state index in [4.69, 9.17) is 21.1 Å². The van der Waals surface area contributed by atoms with Crippen LogP contribution in [-0.4, -0.2) is 14.2 Å². The first-order valence-electron chi connectivity index (χ1n) is 6.28. The molecule has 0 saturated heterocycles. The van der Waals surface area contributed by atoms with Crippen LogP contribution in [0.3, 0.4) is 0 Å². The third-order valence-corrected chi connectivity index (χ3v) is 4.29. The van der Waals surface area contributed by atoms with E-state index in [0.717, 1.165) is 18.7 Å². The molecule has 0 saturated carbocycles. The summed E-state index contributed by atoms with van der Waals surface area (Å²) in [5, 5.41) is 8.31. The summed E-state index contributed by atoms with van der Waals surface area (Å²) in [6, 6.07) is 3.84. The average Bonchev–Trinajstić information content (AvgIpc) is 2.84. The molecule has 0 amide bonds. The lowest BCUT2D eigenvalue weighted by Gasteiger charge is -2.12. The molecule has 0 spiro atoms. The summed E-state index contributed by atoms with van der Waals surface area (Å²) in [6.07, 6.45) is 0. The summed E-state index contributed by atoms with van der Waals surface area (Å²) >= 11 is 7.91. The number of benzene rings is 1. The fraction of sp³-hybridized carbons (Fsp3) is 0.333. The second kappa shape index (κ2) is 6.97. The number of rotatable bonds is 6. The molecule has 2 rings (SSSR count). The van der Waals surface area contributed by atoms with Gasteiger partial charge in [-0.15, -0.1) is 0 Å². The maximum Gasteiger partial charge on any atom is 0.179 e. The SMILES string of the molecule is COc1cc(CNCc2cscc2C)cc(Cl)c1OC. The Morgan fingerprint density at radius 2 is 1.95 bits per heavy atom. The Morgan fingerprint density at radius 1 is 1.15 bits per heavy atom. The van der Waals surface area contributed by atoms with Crippen molar-refractivity contribution in [2.45, 2.75) is 20.0 Å². The highest BCUT2D eigenvalue weighted by atomic mass is 35.5. The third-order valence-electron chi connectivity index (χ3n) is 3.10. The highest BCUT2D eigenvalue weighted by molar-refractivity contribution is 7.08. The number of nitrogens with one attached hydrogen (secondary N) is 1. The highest BCUT2D eigenvalue weighted by Crippen LogP contribution is 2.35. The van der Waals surface area contributed by atoms with Gasteiger partial charge in [0.1, 0.15) is 0 Å². The van der Waals surface area contributed by atoms with Gasteiger partial charge in [-0.2, -0.15) is 11.3 Å². The van der Waals surface area contributed by atoms with E-state index in [0.29, 0.717) is 16.5 Å². The van der Waals surface area contributed by atoms with Gasteiger partial charge in [-0.25, -0.2) is 0 Å². The predicted molar refractivity (Wildman–Crippen MR) is 84.2 cm³/mol. The van der Waals surface area contributed by atoms with Crippen LogP contribution in [0.15, 0.2) is 22.9 Å². The number of methoxy groups -OCH3 is 2. The fourth-order valence-corrected chi connectivity index (χ4v) is 3.15. The molecule has 2 aromatic rings. The molecule has 0 aliphatic carbocycles. The van der Waals surface area contributed by atoms with Crippen molar-refractivity contribution in [3.8, 4) is 11.5 Å². The van der Waals surface area contributed by atoms with E-state index >= 15 is 0 Å². The van der Waals surface area contributed by atoms with Gasteiger partial charge in [0.25, 0.3) is 0 Å². The van der Waals surface area contributed by atoms with Crippen molar-refractivity contribution >= 4 is 22.9 Å². The standard InChI is InChI=1S/C15H18ClNO2S/c1-10-8-20-9-12(10)7-17-6-11-4-13(16)15(19-3)14(5-11)18-2/h4-5,8-9,17H,6-7H2,1-3H3. The second-order valence-corrected chi connectivity index (χ2v) is 5.65. The first-order valence-corrected chi connectivity index (χ1v) is 7.60. The summed E-state index contributed by atoms with van der Waals surface area (Å²) in [7, 11) is 3.20. The van der Waals surface area contributed by atoms with Crippen LogP contribution in [-0.2, 0) is 13.1 Å². The van der Waals surface area contributed by atoms with Crippen molar-refractivity contribution in [3.63, 3.8) is 0 Å². The molecule has 0 radical (unpaired) electrons.